The van der Waals surface area contributed by atoms with Crippen molar-refractivity contribution in [1.29, 1.82) is 0 Å². The number of anilines is 1. The Morgan fingerprint density at radius 2 is 2.00 bits per heavy atom. The van der Waals surface area contributed by atoms with Crippen molar-refractivity contribution in [3.05, 3.63) is 59.8 Å². The van der Waals surface area contributed by atoms with Gasteiger partial charge in [0.15, 0.2) is 0 Å². The summed E-state index contributed by atoms with van der Waals surface area (Å²) >= 11 is 6.35. The molecule has 2 amide bonds. The monoisotopic (exact) mass is 541 g/mol. The van der Waals surface area contributed by atoms with E-state index in [-0.39, 0.29) is 35.7 Å². The van der Waals surface area contributed by atoms with E-state index >= 15 is 0 Å². The van der Waals surface area contributed by atoms with E-state index < -0.39 is 0 Å². The average molecular weight is 542 g/mol. The number of aromatic nitrogens is 4. The molecule has 1 saturated heterocycles. The molecule has 1 aromatic carbocycles. The van der Waals surface area contributed by atoms with Gasteiger partial charge in [-0.1, -0.05) is 30.7 Å². The molecule has 0 saturated carbocycles. The second-order valence-corrected chi connectivity index (χ2v) is 9.43. The van der Waals surface area contributed by atoms with Gasteiger partial charge < -0.3 is 24.6 Å². The Bertz CT molecular complexity index is 1220. The fourth-order valence-corrected chi connectivity index (χ4v) is 4.26. The second kappa shape index (κ2) is 12.6. The summed E-state index contributed by atoms with van der Waals surface area (Å²) < 4.78 is 12.4. The molecule has 12 heteroatoms. The fourth-order valence-electron chi connectivity index (χ4n) is 4.09. The second-order valence-electron chi connectivity index (χ2n) is 9.04. The molecule has 1 aliphatic rings. The summed E-state index contributed by atoms with van der Waals surface area (Å²) in [5, 5.41) is 3.24. The Labute approximate surface area is 226 Å². The van der Waals surface area contributed by atoms with Crippen LogP contribution in [-0.4, -0.2) is 75.3 Å². The quantitative estimate of drug-likeness (QED) is 0.410. The van der Waals surface area contributed by atoms with Crippen molar-refractivity contribution in [1.82, 2.24) is 29.7 Å². The number of nitrogens with one attached hydrogen (secondary N) is 1. The van der Waals surface area contributed by atoms with Crippen molar-refractivity contribution >= 4 is 29.4 Å². The average Bonchev–Trinajstić information content (AvgIpc) is 3.47. The van der Waals surface area contributed by atoms with Crippen LogP contribution < -0.4 is 15.0 Å². The summed E-state index contributed by atoms with van der Waals surface area (Å²) in [6.07, 6.45) is 5.23. The normalized spacial score (nSPS) is 16.2. The maximum atomic E-state index is 13.0. The number of benzene rings is 1. The van der Waals surface area contributed by atoms with Crippen LogP contribution in [0, 0.1) is 0 Å². The number of piperazine rings is 1. The van der Waals surface area contributed by atoms with E-state index in [2.05, 4.69) is 20.3 Å². The largest absolute Gasteiger partial charge is 0.497 e. The highest BCUT2D eigenvalue weighted by Crippen LogP contribution is 2.25. The molecule has 0 bridgehead atoms. The highest BCUT2D eigenvalue weighted by Gasteiger charge is 2.33. The minimum atomic E-state index is -0.387. The first-order valence-corrected chi connectivity index (χ1v) is 12.9. The zero-order valence-electron chi connectivity index (χ0n) is 21.7. The summed E-state index contributed by atoms with van der Waals surface area (Å²) in [7, 11) is 1.61. The molecule has 0 aliphatic carbocycles. The molecule has 11 nitrogen and oxygen atoms in total. The number of carbonyl (C=O) groups is 2. The molecule has 202 valence electrons. The van der Waals surface area contributed by atoms with E-state index in [9.17, 15) is 9.59 Å². The van der Waals surface area contributed by atoms with Crippen LogP contribution in [-0.2, 0) is 16.1 Å². The van der Waals surface area contributed by atoms with Gasteiger partial charge in [-0.05, 0) is 31.0 Å². The van der Waals surface area contributed by atoms with E-state index in [1.54, 1.807) is 41.4 Å². The van der Waals surface area contributed by atoms with Crippen LogP contribution >= 0.6 is 11.6 Å². The van der Waals surface area contributed by atoms with Gasteiger partial charge >= 0.3 is 6.09 Å². The van der Waals surface area contributed by atoms with Gasteiger partial charge in [0, 0.05) is 51.1 Å². The van der Waals surface area contributed by atoms with Crippen molar-refractivity contribution in [2.24, 2.45) is 0 Å². The van der Waals surface area contributed by atoms with Gasteiger partial charge in [-0.25, -0.2) is 14.8 Å². The lowest BCUT2D eigenvalue weighted by atomic mass is 10.1. The standard InChI is InChI=1S/C26H32ClN7O4/c1-4-18(2)38-26(36)32-11-12-34(23-14-22(27)30-25(31-23)33-10-9-28-17-33)20(16-32)13-24(35)29-15-19-5-7-21(37-3)8-6-19/h5-10,14,17-18,20H,4,11-13,15-16H2,1-3H3,(H,29,35). The molecular formula is C26H32ClN7O4. The summed E-state index contributed by atoms with van der Waals surface area (Å²) in [6, 6.07) is 8.81. The number of methoxy groups -OCH3 is 1. The number of carbonyl (C=O) groups excluding carboxylic acids is 2. The topological polar surface area (TPSA) is 115 Å². The number of hydrogen-bond acceptors (Lipinski definition) is 8. The number of imidazole rings is 1. The molecule has 1 N–H and O–H groups in total. The molecule has 2 aromatic heterocycles. The van der Waals surface area contributed by atoms with E-state index in [1.807, 2.05) is 43.0 Å². The third-order valence-electron chi connectivity index (χ3n) is 6.39. The van der Waals surface area contributed by atoms with Crippen molar-refractivity contribution in [3.63, 3.8) is 0 Å². The zero-order valence-corrected chi connectivity index (χ0v) is 22.5. The lowest BCUT2D eigenvalue weighted by Crippen LogP contribution is -2.56. The molecule has 2 unspecified atom stereocenters. The van der Waals surface area contributed by atoms with Crippen molar-refractivity contribution in [2.75, 3.05) is 31.6 Å². The molecule has 1 fully saturated rings. The summed E-state index contributed by atoms with van der Waals surface area (Å²) in [5.74, 6) is 1.53. The lowest BCUT2D eigenvalue weighted by molar-refractivity contribution is -0.121. The van der Waals surface area contributed by atoms with Crippen molar-refractivity contribution in [2.45, 2.75) is 45.4 Å². The number of rotatable bonds is 9. The van der Waals surface area contributed by atoms with Gasteiger partial charge in [0.05, 0.1) is 13.2 Å². The first-order valence-electron chi connectivity index (χ1n) is 12.5. The highest BCUT2D eigenvalue weighted by molar-refractivity contribution is 6.29. The number of nitrogens with zero attached hydrogens (tertiary/aromatic N) is 6. The first kappa shape index (κ1) is 27.2. The lowest BCUT2D eigenvalue weighted by Gasteiger charge is -2.41. The smallest absolute Gasteiger partial charge is 0.410 e. The predicted octanol–water partition coefficient (Wildman–Crippen LogP) is 3.46. The Morgan fingerprint density at radius 3 is 2.68 bits per heavy atom. The first-order chi connectivity index (χ1) is 18.4. The maximum absolute atomic E-state index is 13.0. The maximum Gasteiger partial charge on any atom is 0.410 e. The Balaban J connectivity index is 1.51. The van der Waals surface area contributed by atoms with Crippen LogP contribution in [0.1, 0.15) is 32.3 Å². The molecule has 1 aliphatic heterocycles. The Kier molecular flexibility index (Phi) is 9.01. The molecule has 3 aromatic rings. The highest BCUT2D eigenvalue weighted by atomic mass is 35.5. The molecule has 2 atom stereocenters. The Hall–Kier alpha value is -3.86. The van der Waals surface area contributed by atoms with Gasteiger partial charge in [-0.3, -0.25) is 9.36 Å². The number of hydrogen-bond donors (Lipinski definition) is 1. The molecular weight excluding hydrogens is 510 g/mol. The van der Waals surface area contributed by atoms with Gasteiger partial charge in [0.2, 0.25) is 11.9 Å². The van der Waals surface area contributed by atoms with E-state index in [4.69, 9.17) is 21.1 Å². The van der Waals surface area contributed by atoms with Gasteiger partial charge in [-0.2, -0.15) is 4.98 Å². The van der Waals surface area contributed by atoms with Crippen molar-refractivity contribution in [3.8, 4) is 11.7 Å². The van der Waals surface area contributed by atoms with Gasteiger partial charge in [0.1, 0.15) is 29.2 Å². The third kappa shape index (κ3) is 6.91. The summed E-state index contributed by atoms with van der Waals surface area (Å²) in [5.41, 5.74) is 0.950. The zero-order chi connectivity index (χ0) is 27.1. The molecule has 4 rings (SSSR count). The molecule has 0 radical (unpaired) electrons. The minimum Gasteiger partial charge on any atom is -0.497 e. The number of ether oxygens (including phenoxy) is 2. The third-order valence-corrected chi connectivity index (χ3v) is 6.58. The van der Waals surface area contributed by atoms with Crippen LogP contribution in [0.25, 0.3) is 5.95 Å². The molecule has 38 heavy (non-hydrogen) atoms. The summed E-state index contributed by atoms with van der Waals surface area (Å²) in [4.78, 5) is 42.5. The van der Waals surface area contributed by atoms with E-state index in [0.717, 1.165) is 17.7 Å². The minimum absolute atomic E-state index is 0.144. The number of halogens is 1. The molecule has 3 heterocycles. The summed E-state index contributed by atoms with van der Waals surface area (Å²) in [6.45, 7) is 5.36. The number of amides is 2. The van der Waals surface area contributed by atoms with Crippen LogP contribution in [0.4, 0.5) is 10.6 Å². The molecule has 0 spiro atoms. The van der Waals surface area contributed by atoms with Gasteiger partial charge in [-0.15, -0.1) is 0 Å². The van der Waals surface area contributed by atoms with Crippen LogP contribution in [0.3, 0.4) is 0 Å². The predicted molar refractivity (Wildman–Crippen MR) is 143 cm³/mol. The van der Waals surface area contributed by atoms with E-state index in [1.165, 1.54) is 0 Å². The SMILES string of the molecule is CCC(C)OC(=O)N1CCN(c2cc(Cl)nc(-n3ccnc3)n2)C(CC(=O)NCc2ccc(OC)cc2)C1. The van der Waals surface area contributed by atoms with Gasteiger partial charge in [0.25, 0.3) is 0 Å². The Morgan fingerprint density at radius 1 is 1.21 bits per heavy atom. The van der Waals surface area contributed by atoms with Crippen molar-refractivity contribution < 1.29 is 19.1 Å². The van der Waals surface area contributed by atoms with Crippen LogP contribution in [0.15, 0.2) is 49.1 Å². The van der Waals surface area contributed by atoms with Crippen LogP contribution in [0.5, 0.6) is 5.75 Å². The fraction of sp³-hybridized carbons (Fsp3) is 0.423. The van der Waals surface area contributed by atoms with Crippen LogP contribution in [0.2, 0.25) is 5.15 Å². The van der Waals surface area contributed by atoms with E-state index in [0.29, 0.717) is 37.9 Å².